The van der Waals surface area contributed by atoms with Crippen molar-refractivity contribution in [2.24, 2.45) is 0 Å². The van der Waals surface area contributed by atoms with E-state index in [2.05, 4.69) is 10.1 Å². The average molecular weight is 361 g/mol. The van der Waals surface area contributed by atoms with E-state index < -0.39 is 16.8 Å². The van der Waals surface area contributed by atoms with Gasteiger partial charge in [-0.05, 0) is 42.0 Å². The van der Waals surface area contributed by atoms with Crippen molar-refractivity contribution < 1.29 is 19.2 Å². The SMILES string of the molecule is COC(=O)c1ccc(NC(=O)/C=C/c2ccc(Cl)c([N+](=O)[O-])c2)cc1. The summed E-state index contributed by atoms with van der Waals surface area (Å²) in [5, 5.41) is 13.5. The molecule has 2 aromatic carbocycles. The van der Waals surface area contributed by atoms with Crippen LogP contribution in [0.15, 0.2) is 48.5 Å². The van der Waals surface area contributed by atoms with Crippen molar-refractivity contribution in [3.05, 3.63) is 74.8 Å². The molecule has 0 radical (unpaired) electrons. The minimum atomic E-state index is -0.595. The largest absolute Gasteiger partial charge is 0.465 e. The number of nitro benzene ring substituents is 1. The Kier molecular flexibility index (Phi) is 5.86. The summed E-state index contributed by atoms with van der Waals surface area (Å²) in [4.78, 5) is 33.5. The van der Waals surface area contributed by atoms with Crippen molar-refractivity contribution in [1.29, 1.82) is 0 Å². The molecule has 2 aromatic rings. The van der Waals surface area contributed by atoms with E-state index in [1.165, 1.54) is 43.5 Å². The van der Waals surface area contributed by atoms with Gasteiger partial charge in [-0.1, -0.05) is 17.7 Å². The van der Waals surface area contributed by atoms with Crippen molar-refractivity contribution in [3.8, 4) is 0 Å². The molecule has 0 unspecified atom stereocenters. The number of nitro groups is 1. The highest BCUT2D eigenvalue weighted by Gasteiger charge is 2.11. The first-order valence-corrected chi connectivity index (χ1v) is 7.40. The van der Waals surface area contributed by atoms with E-state index in [0.717, 1.165) is 0 Å². The second kappa shape index (κ2) is 8.07. The monoisotopic (exact) mass is 360 g/mol. The van der Waals surface area contributed by atoms with Gasteiger partial charge in [0, 0.05) is 17.8 Å². The van der Waals surface area contributed by atoms with Gasteiger partial charge in [-0.15, -0.1) is 0 Å². The molecule has 0 atom stereocenters. The topological polar surface area (TPSA) is 98.5 Å². The normalized spacial score (nSPS) is 10.5. The Labute approximate surface area is 148 Å². The van der Waals surface area contributed by atoms with Gasteiger partial charge in [0.15, 0.2) is 0 Å². The van der Waals surface area contributed by atoms with Crippen LogP contribution in [0.4, 0.5) is 11.4 Å². The number of rotatable bonds is 5. The first kappa shape index (κ1) is 18.2. The second-order valence-electron chi connectivity index (χ2n) is 4.86. The maximum absolute atomic E-state index is 11.9. The maximum atomic E-state index is 11.9. The molecule has 7 nitrogen and oxygen atoms in total. The molecule has 2 rings (SSSR count). The highest BCUT2D eigenvalue weighted by molar-refractivity contribution is 6.32. The number of nitrogens with one attached hydrogen (secondary N) is 1. The fourth-order valence-corrected chi connectivity index (χ4v) is 2.12. The third-order valence-electron chi connectivity index (χ3n) is 3.17. The standard InChI is InChI=1S/C17H13ClN2O5/c1-25-17(22)12-4-6-13(7-5-12)19-16(21)9-3-11-2-8-14(18)15(10-11)20(23)24/h2-10H,1H3,(H,19,21)/b9-3+. The number of carbonyl (C=O) groups excluding carboxylic acids is 2. The number of benzene rings is 2. The lowest BCUT2D eigenvalue weighted by molar-refractivity contribution is -0.384. The van der Waals surface area contributed by atoms with Crippen LogP contribution in [-0.2, 0) is 9.53 Å². The van der Waals surface area contributed by atoms with Crippen LogP contribution in [0.2, 0.25) is 5.02 Å². The molecule has 128 valence electrons. The van der Waals surface area contributed by atoms with E-state index >= 15 is 0 Å². The van der Waals surface area contributed by atoms with Crippen LogP contribution in [0.1, 0.15) is 15.9 Å². The van der Waals surface area contributed by atoms with Crippen molar-refractivity contribution in [3.63, 3.8) is 0 Å². The molecule has 0 saturated carbocycles. The Balaban J connectivity index is 2.05. The van der Waals surface area contributed by atoms with Gasteiger partial charge in [0.1, 0.15) is 5.02 Å². The predicted octanol–water partition coefficient (Wildman–Crippen LogP) is 3.69. The number of hydrogen-bond acceptors (Lipinski definition) is 5. The Hall–Kier alpha value is -3.19. The van der Waals surface area contributed by atoms with Gasteiger partial charge in [-0.25, -0.2) is 4.79 Å². The van der Waals surface area contributed by atoms with Crippen molar-refractivity contribution >= 4 is 40.9 Å². The number of hydrogen-bond donors (Lipinski definition) is 1. The quantitative estimate of drug-likeness (QED) is 0.379. The van der Waals surface area contributed by atoms with Gasteiger partial charge in [-0.3, -0.25) is 14.9 Å². The van der Waals surface area contributed by atoms with E-state index in [0.29, 0.717) is 16.8 Å². The number of esters is 1. The van der Waals surface area contributed by atoms with Gasteiger partial charge in [-0.2, -0.15) is 0 Å². The number of anilines is 1. The summed E-state index contributed by atoms with van der Waals surface area (Å²) in [7, 11) is 1.28. The number of halogens is 1. The van der Waals surface area contributed by atoms with E-state index in [4.69, 9.17) is 11.6 Å². The predicted molar refractivity (Wildman–Crippen MR) is 93.6 cm³/mol. The van der Waals surface area contributed by atoms with E-state index in [1.54, 1.807) is 18.2 Å². The van der Waals surface area contributed by atoms with Gasteiger partial charge in [0.25, 0.3) is 5.69 Å². The zero-order chi connectivity index (χ0) is 18.4. The summed E-state index contributed by atoms with van der Waals surface area (Å²) >= 11 is 5.73. The number of nitrogens with zero attached hydrogens (tertiary/aromatic N) is 1. The number of methoxy groups -OCH3 is 1. The fourth-order valence-electron chi connectivity index (χ4n) is 1.94. The van der Waals surface area contributed by atoms with E-state index in [9.17, 15) is 19.7 Å². The molecule has 1 N–H and O–H groups in total. The molecule has 1 amide bonds. The average Bonchev–Trinajstić information content (AvgIpc) is 2.60. The Morgan fingerprint density at radius 3 is 2.48 bits per heavy atom. The molecule has 0 aliphatic rings. The van der Waals surface area contributed by atoms with Crippen LogP contribution in [0.5, 0.6) is 0 Å². The molecular weight excluding hydrogens is 348 g/mol. The second-order valence-corrected chi connectivity index (χ2v) is 5.27. The molecule has 0 bridgehead atoms. The molecule has 0 aliphatic heterocycles. The third-order valence-corrected chi connectivity index (χ3v) is 3.49. The first-order chi connectivity index (χ1) is 11.9. The Morgan fingerprint density at radius 1 is 1.20 bits per heavy atom. The smallest absolute Gasteiger partial charge is 0.337 e. The van der Waals surface area contributed by atoms with Crippen LogP contribution >= 0.6 is 11.6 Å². The first-order valence-electron chi connectivity index (χ1n) is 7.02. The molecule has 0 saturated heterocycles. The lowest BCUT2D eigenvalue weighted by atomic mass is 10.2. The zero-order valence-corrected chi connectivity index (χ0v) is 13.8. The van der Waals surface area contributed by atoms with Crippen LogP contribution in [0.3, 0.4) is 0 Å². The minimum Gasteiger partial charge on any atom is -0.465 e. The summed E-state index contributed by atoms with van der Waals surface area (Å²) in [6.07, 6.45) is 2.67. The molecule has 0 spiro atoms. The van der Waals surface area contributed by atoms with Gasteiger partial charge in [0.2, 0.25) is 5.91 Å². The van der Waals surface area contributed by atoms with Crippen molar-refractivity contribution in [2.45, 2.75) is 0 Å². The van der Waals surface area contributed by atoms with Crippen LogP contribution in [0, 0.1) is 10.1 Å². The minimum absolute atomic E-state index is 0.0253. The van der Waals surface area contributed by atoms with E-state index in [-0.39, 0.29) is 10.7 Å². The lowest BCUT2D eigenvalue weighted by Gasteiger charge is -2.03. The lowest BCUT2D eigenvalue weighted by Crippen LogP contribution is -2.08. The summed E-state index contributed by atoms with van der Waals surface area (Å²) in [6.45, 7) is 0. The van der Waals surface area contributed by atoms with E-state index in [1.807, 2.05) is 0 Å². The molecule has 0 aliphatic carbocycles. The summed E-state index contributed by atoms with van der Waals surface area (Å²) in [6, 6.07) is 10.4. The Bertz CT molecular complexity index is 847. The highest BCUT2D eigenvalue weighted by atomic mass is 35.5. The third kappa shape index (κ3) is 4.89. The van der Waals surface area contributed by atoms with Crippen molar-refractivity contribution in [1.82, 2.24) is 0 Å². The van der Waals surface area contributed by atoms with Crippen LogP contribution in [0.25, 0.3) is 6.08 Å². The summed E-state index contributed by atoms with van der Waals surface area (Å²) < 4.78 is 4.58. The summed E-state index contributed by atoms with van der Waals surface area (Å²) in [5.41, 5.74) is 1.09. The molecule has 0 heterocycles. The number of carbonyl (C=O) groups is 2. The summed E-state index contributed by atoms with van der Waals surface area (Å²) in [5.74, 6) is -0.898. The fraction of sp³-hybridized carbons (Fsp3) is 0.0588. The number of amides is 1. The zero-order valence-electron chi connectivity index (χ0n) is 13.1. The van der Waals surface area contributed by atoms with Gasteiger partial charge in [0.05, 0.1) is 17.6 Å². The van der Waals surface area contributed by atoms with Crippen LogP contribution in [-0.4, -0.2) is 23.9 Å². The Morgan fingerprint density at radius 2 is 1.88 bits per heavy atom. The maximum Gasteiger partial charge on any atom is 0.337 e. The molecule has 8 heteroatoms. The molecule has 0 aromatic heterocycles. The molecule has 0 fully saturated rings. The van der Waals surface area contributed by atoms with Gasteiger partial charge >= 0.3 is 5.97 Å². The van der Waals surface area contributed by atoms with Crippen molar-refractivity contribution in [2.75, 3.05) is 12.4 Å². The molecule has 25 heavy (non-hydrogen) atoms. The molecular formula is C17H13ClN2O5. The van der Waals surface area contributed by atoms with Crippen LogP contribution < -0.4 is 5.32 Å². The van der Waals surface area contributed by atoms with Gasteiger partial charge < -0.3 is 10.1 Å². The highest BCUT2D eigenvalue weighted by Crippen LogP contribution is 2.25. The number of ether oxygens (including phenoxy) is 1.